The second kappa shape index (κ2) is 9.96. The Morgan fingerprint density at radius 3 is 2.35 bits per heavy atom. The molecule has 0 saturated carbocycles. The Kier molecular flexibility index (Phi) is 10.0. The Morgan fingerprint density at radius 2 is 1.80 bits per heavy atom. The predicted octanol–water partition coefficient (Wildman–Crippen LogP) is 0.598. The maximum Gasteiger partial charge on any atom is 1.00 e. The van der Waals surface area contributed by atoms with Crippen LogP contribution in [0.1, 0.15) is 56.1 Å². The summed E-state index contributed by atoms with van der Waals surface area (Å²) in [5.74, 6) is -0.454. The molecule has 1 aromatic carbocycles. The summed E-state index contributed by atoms with van der Waals surface area (Å²) >= 11 is 0. The minimum atomic E-state index is -4.18. The summed E-state index contributed by atoms with van der Waals surface area (Å²) < 4.78 is 33.2. The maximum atomic E-state index is 11.1. The van der Waals surface area contributed by atoms with E-state index in [0.717, 1.165) is 43.2 Å². The molecule has 0 fully saturated rings. The van der Waals surface area contributed by atoms with Gasteiger partial charge in [0.15, 0.2) is 0 Å². The van der Waals surface area contributed by atoms with Crippen LogP contribution in [0.25, 0.3) is 0 Å². The number of hydrogen-bond acceptors (Lipinski definition) is 3. The molecule has 0 amide bonds. The van der Waals surface area contributed by atoms with Crippen molar-refractivity contribution >= 4 is 10.1 Å². The fraction of sp³-hybridized carbons (Fsp3) is 0.600. The third-order valence-corrected chi connectivity index (χ3v) is 4.25. The Hall–Kier alpha value is 0.130. The quantitative estimate of drug-likeness (QED) is 0.401. The van der Waals surface area contributed by atoms with E-state index in [0.29, 0.717) is 0 Å². The first-order valence-corrected chi connectivity index (χ1v) is 8.51. The van der Waals surface area contributed by atoms with E-state index in [9.17, 15) is 13.0 Å². The molecule has 0 aliphatic rings. The van der Waals surface area contributed by atoms with Gasteiger partial charge in [0, 0.05) is 5.75 Å². The summed E-state index contributed by atoms with van der Waals surface area (Å²) in [5.41, 5.74) is 2.06. The Labute approximate surface area is 145 Å². The van der Waals surface area contributed by atoms with Crippen LogP contribution in [0, 0.1) is 6.92 Å². The fourth-order valence-electron chi connectivity index (χ4n) is 2.44. The molecule has 0 aromatic heterocycles. The summed E-state index contributed by atoms with van der Waals surface area (Å²) in [5, 5.41) is 0. The van der Waals surface area contributed by atoms with Gasteiger partial charge < -0.3 is 4.55 Å². The van der Waals surface area contributed by atoms with E-state index in [-0.39, 0.29) is 41.2 Å². The molecule has 0 aliphatic carbocycles. The number of hydrogen-bond donors (Lipinski definition) is 0. The van der Waals surface area contributed by atoms with Crippen molar-refractivity contribution in [3.05, 3.63) is 35.4 Å². The molecule has 0 heterocycles. The smallest absolute Gasteiger partial charge is 0.748 e. The minimum absolute atomic E-state index is 0. The third kappa shape index (κ3) is 7.79. The van der Waals surface area contributed by atoms with E-state index in [2.05, 4.69) is 6.92 Å². The summed E-state index contributed by atoms with van der Waals surface area (Å²) in [6.45, 7) is 4.10. The van der Waals surface area contributed by atoms with Crippen LogP contribution in [0.15, 0.2) is 24.3 Å². The number of benzene rings is 1. The molecular weight excluding hydrogens is 283 g/mol. The Bertz CT molecular complexity index is 486. The standard InChI is InChI=1S/C15H24O3S.Na/c1-3-4-5-6-10-14(12-19(16,17)18)15-11-8-7-9-13(15)2;/h7-9,11,14H,3-6,10,12H2,1-2H3,(H,16,17,18);/q;+1/p-1. The van der Waals surface area contributed by atoms with Crippen molar-refractivity contribution in [2.24, 2.45) is 0 Å². The molecule has 0 spiro atoms. The van der Waals surface area contributed by atoms with Crippen molar-refractivity contribution in [2.45, 2.75) is 51.9 Å². The monoisotopic (exact) mass is 306 g/mol. The third-order valence-electron chi connectivity index (χ3n) is 3.44. The predicted molar refractivity (Wildman–Crippen MR) is 77.2 cm³/mol. The van der Waals surface area contributed by atoms with Gasteiger partial charge in [0.25, 0.3) is 0 Å². The normalized spacial score (nSPS) is 12.8. The maximum absolute atomic E-state index is 11.1. The van der Waals surface area contributed by atoms with Crippen LogP contribution >= 0.6 is 0 Å². The number of aryl methyl sites for hydroxylation is 1. The molecule has 5 heteroatoms. The van der Waals surface area contributed by atoms with E-state index < -0.39 is 10.1 Å². The Balaban J connectivity index is 0.00000361. The van der Waals surface area contributed by atoms with Gasteiger partial charge in [0.2, 0.25) is 0 Å². The molecule has 3 nitrogen and oxygen atoms in total. The van der Waals surface area contributed by atoms with E-state index in [1.54, 1.807) is 0 Å². The average molecular weight is 306 g/mol. The SMILES string of the molecule is CCCCCCC(CS(=O)(=O)[O-])c1ccccc1C.[Na+]. The van der Waals surface area contributed by atoms with E-state index in [4.69, 9.17) is 0 Å². The van der Waals surface area contributed by atoms with Crippen LogP contribution in [0.4, 0.5) is 0 Å². The molecule has 0 N–H and O–H groups in total. The van der Waals surface area contributed by atoms with E-state index in [1.165, 1.54) is 0 Å². The second-order valence-electron chi connectivity index (χ2n) is 5.13. The van der Waals surface area contributed by atoms with Crippen molar-refractivity contribution in [3.8, 4) is 0 Å². The average Bonchev–Trinajstić information content (AvgIpc) is 2.32. The van der Waals surface area contributed by atoms with Gasteiger partial charge in [-0.25, -0.2) is 8.42 Å². The van der Waals surface area contributed by atoms with Crippen molar-refractivity contribution in [1.29, 1.82) is 0 Å². The van der Waals surface area contributed by atoms with Gasteiger partial charge in [0.1, 0.15) is 0 Å². The summed E-state index contributed by atoms with van der Waals surface area (Å²) in [4.78, 5) is 0. The largest absolute Gasteiger partial charge is 1.00 e. The van der Waals surface area contributed by atoms with Crippen LogP contribution in [0.2, 0.25) is 0 Å². The minimum Gasteiger partial charge on any atom is -0.748 e. The first kappa shape index (κ1) is 20.1. The van der Waals surface area contributed by atoms with Crippen LogP contribution < -0.4 is 29.6 Å². The summed E-state index contributed by atoms with van der Waals surface area (Å²) in [7, 11) is -4.18. The zero-order valence-electron chi connectivity index (χ0n) is 12.8. The molecule has 20 heavy (non-hydrogen) atoms. The molecular formula is C15H23NaO3S. The van der Waals surface area contributed by atoms with Crippen molar-refractivity contribution in [1.82, 2.24) is 0 Å². The van der Waals surface area contributed by atoms with Crippen LogP contribution in [-0.2, 0) is 10.1 Å². The molecule has 0 bridgehead atoms. The molecule has 1 rings (SSSR count). The van der Waals surface area contributed by atoms with Crippen molar-refractivity contribution in [2.75, 3.05) is 5.75 Å². The molecule has 0 saturated heterocycles. The van der Waals surface area contributed by atoms with E-state index in [1.807, 2.05) is 31.2 Å². The first-order valence-electron chi connectivity index (χ1n) is 6.93. The van der Waals surface area contributed by atoms with Crippen LogP contribution in [0.3, 0.4) is 0 Å². The summed E-state index contributed by atoms with van der Waals surface area (Å²) in [6, 6.07) is 7.73. The van der Waals surface area contributed by atoms with Gasteiger partial charge >= 0.3 is 29.6 Å². The van der Waals surface area contributed by atoms with Crippen LogP contribution in [-0.4, -0.2) is 18.7 Å². The van der Waals surface area contributed by atoms with Gasteiger partial charge in [-0.1, -0.05) is 56.9 Å². The van der Waals surface area contributed by atoms with Gasteiger partial charge in [0.05, 0.1) is 10.1 Å². The molecule has 108 valence electrons. The second-order valence-corrected chi connectivity index (χ2v) is 6.58. The van der Waals surface area contributed by atoms with Gasteiger partial charge in [-0.15, -0.1) is 0 Å². The fourth-order valence-corrected chi connectivity index (χ4v) is 3.28. The van der Waals surface area contributed by atoms with Gasteiger partial charge in [-0.05, 0) is 30.4 Å². The van der Waals surface area contributed by atoms with Gasteiger partial charge in [-0.2, -0.15) is 0 Å². The van der Waals surface area contributed by atoms with Crippen molar-refractivity contribution in [3.63, 3.8) is 0 Å². The first-order chi connectivity index (χ1) is 8.94. The van der Waals surface area contributed by atoms with Gasteiger partial charge in [-0.3, -0.25) is 0 Å². The van der Waals surface area contributed by atoms with Crippen LogP contribution in [0.5, 0.6) is 0 Å². The number of unbranched alkanes of at least 4 members (excludes halogenated alkanes) is 3. The molecule has 1 aromatic rings. The Morgan fingerprint density at radius 1 is 1.15 bits per heavy atom. The van der Waals surface area contributed by atoms with Crippen molar-refractivity contribution < 1.29 is 42.5 Å². The molecule has 1 unspecified atom stereocenters. The zero-order valence-corrected chi connectivity index (χ0v) is 15.6. The number of rotatable bonds is 8. The van der Waals surface area contributed by atoms with E-state index >= 15 is 0 Å². The topological polar surface area (TPSA) is 57.2 Å². The zero-order chi connectivity index (χ0) is 14.3. The molecule has 0 radical (unpaired) electrons. The summed E-state index contributed by atoms with van der Waals surface area (Å²) in [6.07, 6.45) is 5.14. The molecule has 1 atom stereocenters. The molecule has 0 aliphatic heterocycles.